The summed E-state index contributed by atoms with van der Waals surface area (Å²) in [6.07, 6.45) is 1.87. The molecule has 7 nitrogen and oxygen atoms in total. The SMILES string of the molecule is CC[N+](CC)(CCC(N)=O)c1ccc2c(cnn2S(=O)(=O)c2cccc3ccccc23)c1. The molecule has 4 rings (SSSR count). The number of hydrogen-bond donors (Lipinski definition) is 1. The molecule has 0 aliphatic carbocycles. The van der Waals surface area contributed by atoms with Crippen LogP contribution >= 0.6 is 0 Å². The first-order chi connectivity index (χ1) is 15.3. The molecule has 0 unspecified atom stereocenters. The third-order valence-corrected chi connectivity index (χ3v) is 7.98. The zero-order valence-electron chi connectivity index (χ0n) is 18.2. The lowest BCUT2D eigenvalue weighted by Gasteiger charge is -2.36. The number of nitrogens with two attached hydrogens (primary N) is 1. The van der Waals surface area contributed by atoms with Crippen LogP contribution in [-0.4, -0.2) is 43.1 Å². The number of nitrogens with zero attached hydrogens (tertiary/aromatic N) is 3. The maximum Gasteiger partial charge on any atom is 0.284 e. The number of rotatable bonds is 8. The van der Waals surface area contributed by atoms with E-state index in [2.05, 4.69) is 18.9 Å². The monoisotopic (exact) mass is 451 g/mol. The molecule has 0 radical (unpaired) electrons. The van der Waals surface area contributed by atoms with Crippen LogP contribution in [0.15, 0.2) is 71.8 Å². The second-order valence-electron chi connectivity index (χ2n) is 7.93. The van der Waals surface area contributed by atoms with Crippen molar-refractivity contribution in [3.8, 4) is 0 Å². The molecule has 1 amide bonds. The first-order valence-corrected chi connectivity index (χ1v) is 12.1. The predicted molar refractivity (Wildman–Crippen MR) is 128 cm³/mol. The molecule has 0 atom stereocenters. The van der Waals surface area contributed by atoms with Crippen LogP contribution in [0.4, 0.5) is 5.69 Å². The fraction of sp³-hybridized carbons (Fsp3) is 0.250. The standard InChI is InChI=1S/C24H26N4O3S/c1-3-28(4-2,15-14-24(25)29)20-12-13-22-19(16-20)17-26-27(22)32(30,31)23-11-7-9-18-8-5-6-10-21(18)23/h5-13,16-17H,3-4,14-15H2,1-2H3,(H-,25,29)/p+1. The lowest BCUT2D eigenvalue weighted by molar-refractivity contribution is -0.118. The Kier molecular flexibility index (Phi) is 5.75. The number of fused-ring (bicyclic) bond motifs is 2. The molecule has 0 saturated carbocycles. The van der Waals surface area contributed by atoms with Gasteiger partial charge in [-0.05, 0) is 31.4 Å². The van der Waals surface area contributed by atoms with E-state index in [1.807, 2.05) is 36.4 Å². The Morgan fingerprint density at radius 1 is 1.00 bits per heavy atom. The maximum atomic E-state index is 13.5. The van der Waals surface area contributed by atoms with Gasteiger partial charge in [-0.15, -0.1) is 0 Å². The van der Waals surface area contributed by atoms with Crippen molar-refractivity contribution in [2.24, 2.45) is 5.73 Å². The molecule has 1 heterocycles. The number of aromatic nitrogens is 2. The molecule has 32 heavy (non-hydrogen) atoms. The first kappa shape index (κ1) is 22.0. The van der Waals surface area contributed by atoms with Crippen LogP contribution in [0, 0.1) is 0 Å². The zero-order valence-corrected chi connectivity index (χ0v) is 19.0. The van der Waals surface area contributed by atoms with Gasteiger partial charge in [0.05, 0.1) is 42.7 Å². The predicted octanol–water partition coefficient (Wildman–Crippen LogP) is 3.65. The molecule has 4 aromatic rings. The van der Waals surface area contributed by atoms with Crippen LogP contribution in [0.2, 0.25) is 0 Å². The number of carbonyl (C=O) groups excluding carboxylic acids is 1. The third kappa shape index (κ3) is 3.65. The Labute approximate surface area is 187 Å². The van der Waals surface area contributed by atoms with Crippen molar-refractivity contribution in [1.29, 1.82) is 0 Å². The van der Waals surface area contributed by atoms with Crippen molar-refractivity contribution in [3.05, 3.63) is 66.9 Å². The summed E-state index contributed by atoms with van der Waals surface area (Å²) in [6.45, 7) is 6.32. The molecule has 2 N–H and O–H groups in total. The van der Waals surface area contributed by atoms with E-state index in [0.717, 1.165) is 33.6 Å². The topological polar surface area (TPSA) is 95.1 Å². The minimum atomic E-state index is -3.89. The Hall–Kier alpha value is -3.23. The maximum absolute atomic E-state index is 13.5. The van der Waals surface area contributed by atoms with E-state index >= 15 is 0 Å². The molecule has 0 spiro atoms. The molecule has 3 aromatic carbocycles. The minimum absolute atomic E-state index is 0.221. The normalized spacial score (nSPS) is 12.4. The summed E-state index contributed by atoms with van der Waals surface area (Å²) in [6, 6.07) is 18.3. The van der Waals surface area contributed by atoms with Crippen molar-refractivity contribution in [2.75, 3.05) is 19.6 Å². The van der Waals surface area contributed by atoms with Gasteiger partial charge in [0.25, 0.3) is 10.0 Å². The summed E-state index contributed by atoms with van der Waals surface area (Å²) in [5.41, 5.74) is 6.92. The van der Waals surface area contributed by atoms with E-state index in [1.165, 1.54) is 0 Å². The summed E-state index contributed by atoms with van der Waals surface area (Å²) in [7, 11) is -3.89. The van der Waals surface area contributed by atoms with Gasteiger partial charge in [-0.1, -0.05) is 36.4 Å². The Balaban J connectivity index is 1.81. The summed E-state index contributed by atoms with van der Waals surface area (Å²) < 4.78 is 28.8. The van der Waals surface area contributed by atoms with Gasteiger partial charge in [0.15, 0.2) is 0 Å². The van der Waals surface area contributed by atoms with Gasteiger partial charge in [-0.25, -0.2) is 0 Å². The van der Waals surface area contributed by atoms with Gasteiger partial charge in [0.2, 0.25) is 5.91 Å². The van der Waals surface area contributed by atoms with Gasteiger partial charge >= 0.3 is 0 Å². The van der Waals surface area contributed by atoms with Crippen molar-refractivity contribution in [1.82, 2.24) is 13.7 Å². The zero-order chi connectivity index (χ0) is 22.9. The van der Waals surface area contributed by atoms with Crippen LogP contribution in [-0.2, 0) is 14.8 Å². The average Bonchev–Trinajstić information content (AvgIpc) is 3.24. The van der Waals surface area contributed by atoms with Crippen LogP contribution < -0.4 is 10.2 Å². The van der Waals surface area contributed by atoms with Crippen molar-refractivity contribution in [3.63, 3.8) is 0 Å². The van der Waals surface area contributed by atoms with Crippen LogP contribution in [0.1, 0.15) is 20.3 Å². The van der Waals surface area contributed by atoms with Crippen molar-refractivity contribution < 1.29 is 13.2 Å². The number of primary amides is 1. The number of amides is 1. The van der Waals surface area contributed by atoms with Gasteiger partial charge in [-0.2, -0.15) is 17.6 Å². The molecule has 0 bridgehead atoms. The fourth-order valence-corrected chi connectivity index (χ4v) is 5.85. The Morgan fingerprint density at radius 2 is 1.72 bits per heavy atom. The van der Waals surface area contributed by atoms with E-state index in [9.17, 15) is 13.2 Å². The van der Waals surface area contributed by atoms with E-state index in [0.29, 0.717) is 21.9 Å². The number of carbonyl (C=O) groups is 1. The highest BCUT2D eigenvalue weighted by atomic mass is 32.2. The van der Waals surface area contributed by atoms with Crippen LogP contribution in [0.3, 0.4) is 0 Å². The molecule has 0 fully saturated rings. The highest BCUT2D eigenvalue weighted by molar-refractivity contribution is 7.90. The molecule has 0 aliphatic heterocycles. The van der Waals surface area contributed by atoms with Gasteiger partial charge in [0, 0.05) is 22.9 Å². The first-order valence-electron chi connectivity index (χ1n) is 10.7. The van der Waals surface area contributed by atoms with E-state index in [4.69, 9.17) is 5.73 Å². The molecule has 166 valence electrons. The number of quaternary nitrogens is 1. The third-order valence-electron chi connectivity index (χ3n) is 6.32. The van der Waals surface area contributed by atoms with Gasteiger partial charge < -0.3 is 5.73 Å². The number of hydrogen-bond acceptors (Lipinski definition) is 4. The summed E-state index contributed by atoms with van der Waals surface area (Å²) in [4.78, 5) is 11.6. The summed E-state index contributed by atoms with van der Waals surface area (Å²) in [5.74, 6) is -0.329. The van der Waals surface area contributed by atoms with E-state index in [-0.39, 0.29) is 17.2 Å². The number of benzene rings is 3. The molecule has 0 aliphatic rings. The summed E-state index contributed by atoms with van der Waals surface area (Å²) >= 11 is 0. The van der Waals surface area contributed by atoms with Crippen molar-refractivity contribution >= 4 is 43.3 Å². The van der Waals surface area contributed by atoms with E-state index in [1.54, 1.807) is 30.5 Å². The largest absolute Gasteiger partial charge is 0.369 e. The fourth-order valence-electron chi connectivity index (χ4n) is 4.36. The summed E-state index contributed by atoms with van der Waals surface area (Å²) in [5, 5.41) is 6.50. The minimum Gasteiger partial charge on any atom is -0.369 e. The van der Waals surface area contributed by atoms with E-state index < -0.39 is 10.0 Å². The molecular formula is C24H27N4O3S+. The quantitative estimate of drug-likeness (QED) is 0.414. The van der Waals surface area contributed by atoms with Gasteiger partial charge in [-0.3, -0.25) is 9.28 Å². The smallest absolute Gasteiger partial charge is 0.284 e. The van der Waals surface area contributed by atoms with Crippen LogP contribution in [0.5, 0.6) is 0 Å². The highest BCUT2D eigenvalue weighted by Crippen LogP contribution is 2.31. The van der Waals surface area contributed by atoms with Crippen molar-refractivity contribution in [2.45, 2.75) is 25.2 Å². The second kappa shape index (κ2) is 8.37. The van der Waals surface area contributed by atoms with Gasteiger partial charge in [0.1, 0.15) is 5.69 Å². The molecule has 8 heteroatoms. The molecule has 0 saturated heterocycles. The lowest BCUT2D eigenvalue weighted by Crippen LogP contribution is -2.50. The average molecular weight is 452 g/mol. The highest BCUT2D eigenvalue weighted by Gasteiger charge is 2.29. The Bertz CT molecular complexity index is 1400. The lowest BCUT2D eigenvalue weighted by atomic mass is 10.1. The van der Waals surface area contributed by atoms with Crippen LogP contribution in [0.25, 0.3) is 21.7 Å². The molecule has 1 aromatic heterocycles. The second-order valence-corrected chi connectivity index (χ2v) is 9.67. The Morgan fingerprint density at radius 3 is 2.44 bits per heavy atom. The molecular weight excluding hydrogens is 424 g/mol.